The Morgan fingerprint density at radius 2 is 2.19 bits per heavy atom. The fourth-order valence-electron chi connectivity index (χ4n) is 2.59. The number of amides is 1. The molecule has 8 nitrogen and oxygen atoms in total. The van der Waals surface area contributed by atoms with Gasteiger partial charge in [-0.15, -0.1) is 10.2 Å². The Hall–Kier alpha value is -1.85. The maximum Gasteiger partial charge on any atom is 0.230 e. The van der Waals surface area contributed by atoms with Gasteiger partial charge < -0.3 is 15.4 Å². The summed E-state index contributed by atoms with van der Waals surface area (Å²) in [5, 5.41) is 14.7. The van der Waals surface area contributed by atoms with Crippen LogP contribution in [-0.4, -0.2) is 54.4 Å². The molecule has 3 rings (SSSR count). The minimum Gasteiger partial charge on any atom is -0.492 e. The molecule has 27 heavy (non-hydrogen) atoms. The molecule has 2 N–H and O–H groups in total. The summed E-state index contributed by atoms with van der Waals surface area (Å²) in [7, 11) is -3.00. The molecule has 1 atom stereocenters. The fraction of sp³-hybridized carbons (Fsp3) is 0.438. The lowest BCUT2D eigenvalue weighted by Crippen LogP contribution is -2.36. The Kier molecular flexibility index (Phi) is 6.55. The maximum atomic E-state index is 12.0. The van der Waals surface area contributed by atoms with Gasteiger partial charge in [-0.05, 0) is 25.5 Å². The van der Waals surface area contributed by atoms with E-state index in [0.717, 1.165) is 11.4 Å². The third-order valence-corrected chi connectivity index (χ3v) is 7.50. The quantitative estimate of drug-likeness (QED) is 0.615. The standard InChI is InChI=1S/C16H20N4O4S3/c1-2-24-13-6-4-3-5-12(13)18-15-19-20-16(26-15)25-9-14(21)17-11-7-8-27(22,23)10-11/h3-6,11H,2,7-10H2,1H3,(H,17,21)(H,18,19)/t11-/m1/s1. The van der Waals surface area contributed by atoms with Gasteiger partial charge in [-0.2, -0.15) is 0 Å². The zero-order chi connectivity index (χ0) is 19.3. The van der Waals surface area contributed by atoms with Crippen LogP contribution in [0.5, 0.6) is 5.75 Å². The first-order valence-corrected chi connectivity index (χ1v) is 12.0. The Morgan fingerprint density at radius 3 is 2.93 bits per heavy atom. The molecule has 0 bridgehead atoms. The molecule has 1 aliphatic rings. The van der Waals surface area contributed by atoms with E-state index in [4.69, 9.17) is 4.74 Å². The second kappa shape index (κ2) is 8.89. The number of hydrogen-bond donors (Lipinski definition) is 2. The lowest BCUT2D eigenvalue weighted by atomic mass is 10.3. The Balaban J connectivity index is 1.50. The average molecular weight is 429 g/mol. The minimum absolute atomic E-state index is 0.0233. The highest BCUT2D eigenvalue weighted by atomic mass is 32.2. The number of anilines is 2. The monoisotopic (exact) mass is 428 g/mol. The molecule has 2 aromatic rings. The molecule has 0 spiro atoms. The van der Waals surface area contributed by atoms with Crippen LogP contribution in [-0.2, 0) is 14.6 Å². The van der Waals surface area contributed by atoms with Gasteiger partial charge >= 0.3 is 0 Å². The van der Waals surface area contributed by atoms with Crippen LogP contribution in [0.3, 0.4) is 0 Å². The molecule has 146 valence electrons. The Bertz CT molecular complexity index is 901. The summed E-state index contributed by atoms with van der Waals surface area (Å²) in [4.78, 5) is 12.0. The number of carbonyl (C=O) groups excluding carboxylic acids is 1. The van der Waals surface area contributed by atoms with Crippen molar-refractivity contribution in [1.29, 1.82) is 0 Å². The number of aromatic nitrogens is 2. The highest BCUT2D eigenvalue weighted by Crippen LogP contribution is 2.31. The summed E-state index contributed by atoms with van der Waals surface area (Å²) in [5.74, 6) is 0.861. The molecule has 1 aromatic heterocycles. The Labute approximate surface area is 166 Å². The van der Waals surface area contributed by atoms with Crippen molar-refractivity contribution in [2.75, 3.05) is 29.2 Å². The van der Waals surface area contributed by atoms with Crippen molar-refractivity contribution in [1.82, 2.24) is 15.5 Å². The Morgan fingerprint density at radius 1 is 1.37 bits per heavy atom. The van der Waals surface area contributed by atoms with E-state index in [-0.39, 0.29) is 29.2 Å². The number of rotatable bonds is 8. The summed E-state index contributed by atoms with van der Waals surface area (Å²) in [6.45, 7) is 2.48. The predicted molar refractivity (Wildman–Crippen MR) is 107 cm³/mol. The minimum atomic E-state index is -3.00. The molecule has 1 amide bonds. The van der Waals surface area contributed by atoms with E-state index in [2.05, 4.69) is 20.8 Å². The molecule has 1 saturated heterocycles. The predicted octanol–water partition coefficient (Wildman–Crippen LogP) is 2.08. The lowest BCUT2D eigenvalue weighted by molar-refractivity contribution is -0.119. The molecule has 11 heteroatoms. The molecular formula is C16H20N4O4S3. The number of nitrogens with one attached hydrogen (secondary N) is 2. The second-order valence-corrected chi connectivity index (χ2v) is 10.3. The SMILES string of the molecule is CCOc1ccccc1Nc1nnc(SCC(=O)N[C@@H]2CCS(=O)(=O)C2)s1. The van der Waals surface area contributed by atoms with E-state index >= 15 is 0 Å². The van der Waals surface area contributed by atoms with Crippen molar-refractivity contribution in [3.8, 4) is 5.75 Å². The summed E-state index contributed by atoms with van der Waals surface area (Å²) >= 11 is 2.61. The molecule has 0 saturated carbocycles. The molecule has 0 radical (unpaired) electrons. The first-order chi connectivity index (χ1) is 12.9. The third-order valence-electron chi connectivity index (χ3n) is 3.76. The number of carbonyl (C=O) groups is 1. The van der Waals surface area contributed by atoms with Gasteiger partial charge in [0.1, 0.15) is 5.75 Å². The van der Waals surface area contributed by atoms with Gasteiger partial charge in [0.15, 0.2) is 14.2 Å². The number of benzene rings is 1. The van der Waals surface area contributed by atoms with Crippen molar-refractivity contribution < 1.29 is 17.9 Å². The topological polar surface area (TPSA) is 110 Å². The highest BCUT2D eigenvalue weighted by molar-refractivity contribution is 8.01. The largest absolute Gasteiger partial charge is 0.492 e. The molecule has 2 heterocycles. The van der Waals surface area contributed by atoms with Gasteiger partial charge in [0.2, 0.25) is 11.0 Å². The summed E-state index contributed by atoms with van der Waals surface area (Å²) in [6, 6.07) is 7.27. The number of hydrogen-bond acceptors (Lipinski definition) is 9. The van der Waals surface area contributed by atoms with E-state index in [9.17, 15) is 13.2 Å². The number of thioether (sulfide) groups is 1. The highest BCUT2D eigenvalue weighted by Gasteiger charge is 2.28. The molecule has 0 unspecified atom stereocenters. The van der Waals surface area contributed by atoms with Gasteiger partial charge in [0.25, 0.3) is 0 Å². The zero-order valence-corrected chi connectivity index (χ0v) is 17.1. The van der Waals surface area contributed by atoms with Crippen molar-refractivity contribution in [2.24, 2.45) is 0 Å². The van der Waals surface area contributed by atoms with E-state index in [1.807, 2.05) is 31.2 Å². The van der Waals surface area contributed by atoms with Crippen LogP contribution in [0.4, 0.5) is 10.8 Å². The number of nitrogens with zero attached hydrogens (tertiary/aromatic N) is 2. The fourth-order valence-corrected chi connectivity index (χ4v) is 5.84. The molecular weight excluding hydrogens is 408 g/mol. The van der Waals surface area contributed by atoms with Crippen molar-refractivity contribution in [2.45, 2.75) is 23.7 Å². The van der Waals surface area contributed by atoms with E-state index in [1.54, 1.807) is 0 Å². The lowest BCUT2D eigenvalue weighted by Gasteiger charge is -2.09. The first-order valence-electron chi connectivity index (χ1n) is 8.40. The van der Waals surface area contributed by atoms with Crippen molar-refractivity contribution in [3.63, 3.8) is 0 Å². The van der Waals surface area contributed by atoms with Crippen LogP contribution in [0, 0.1) is 0 Å². The number of para-hydroxylation sites is 2. The number of sulfone groups is 1. The van der Waals surface area contributed by atoms with Crippen LogP contribution in [0.2, 0.25) is 0 Å². The van der Waals surface area contributed by atoms with Gasteiger partial charge in [-0.3, -0.25) is 4.79 Å². The van der Waals surface area contributed by atoms with Gasteiger partial charge in [-0.1, -0.05) is 35.2 Å². The smallest absolute Gasteiger partial charge is 0.230 e. The molecule has 1 fully saturated rings. The molecule has 1 aliphatic heterocycles. The number of ether oxygens (including phenoxy) is 1. The third kappa shape index (κ3) is 5.81. The van der Waals surface area contributed by atoms with Gasteiger partial charge in [-0.25, -0.2) is 8.42 Å². The molecule has 0 aliphatic carbocycles. The van der Waals surface area contributed by atoms with Crippen molar-refractivity contribution >= 4 is 49.7 Å². The van der Waals surface area contributed by atoms with E-state index in [1.165, 1.54) is 23.1 Å². The normalized spacial score (nSPS) is 18.2. The van der Waals surface area contributed by atoms with E-state index < -0.39 is 9.84 Å². The summed E-state index contributed by atoms with van der Waals surface area (Å²) in [5.41, 5.74) is 0.798. The second-order valence-electron chi connectivity index (χ2n) is 5.88. The van der Waals surface area contributed by atoms with Crippen LogP contribution in [0.1, 0.15) is 13.3 Å². The van der Waals surface area contributed by atoms with Gasteiger partial charge in [0, 0.05) is 6.04 Å². The van der Waals surface area contributed by atoms with Crippen LogP contribution in [0.15, 0.2) is 28.6 Å². The summed E-state index contributed by atoms with van der Waals surface area (Å²) < 4.78 is 29.1. The maximum absolute atomic E-state index is 12.0. The molecule has 1 aromatic carbocycles. The summed E-state index contributed by atoms with van der Waals surface area (Å²) in [6.07, 6.45) is 0.477. The van der Waals surface area contributed by atoms with Crippen LogP contribution in [0.25, 0.3) is 0 Å². The average Bonchev–Trinajstić information content (AvgIpc) is 3.21. The van der Waals surface area contributed by atoms with E-state index in [0.29, 0.717) is 22.5 Å². The van der Waals surface area contributed by atoms with Crippen LogP contribution >= 0.6 is 23.1 Å². The first kappa shape index (κ1) is 19.9. The van der Waals surface area contributed by atoms with Gasteiger partial charge in [0.05, 0.1) is 29.6 Å². The zero-order valence-electron chi connectivity index (χ0n) is 14.7. The van der Waals surface area contributed by atoms with Crippen molar-refractivity contribution in [3.05, 3.63) is 24.3 Å². The van der Waals surface area contributed by atoms with Crippen LogP contribution < -0.4 is 15.4 Å².